The van der Waals surface area contributed by atoms with Gasteiger partial charge in [0.1, 0.15) is 18.4 Å². The molecule has 1 saturated carbocycles. The molecule has 126 valence electrons. The van der Waals surface area contributed by atoms with Gasteiger partial charge >= 0.3 is 5.97 Å². The summed E-state index contributed by atoms with van der Waals surface area (Å²) < 4.78 is 11.0. The minimum Gasteiger partial charge on any atom is -0.492 e. The van der Waals surface area contributed by atoms with Crippen molar-refractivity contribution in [3.05, 3.63) is 41.5 Å². The van der Waals surface area contributed by atoms with E-state index in [1.165, 1.54) is 12.8 Å². The van der Waals surface area contributed by atoms with Crippen molar-refractivity contribution < 1.29 is 19.2 Å². The molecule has 2 aliphatic rings. The lowest BCUT2D eigenvalue weighted by molar-refractivity contribution is -0.143. The van der Waals surface area contributed by atoms with Gasteiger partial charge in [-0.1, -0.05) is 23.4 Å². The van der Waals surface area contributed by atoms with Crippen LogP contribution in [-0.4, -0.2) is 39.3 Å². The highest BCUT2D eigenvalue weighted by Gasteiger charge is 2.33. The van der Waals surface area contributed by atoms with E-state index in [2.05, 4.69) is 10.1 Å². The van der Waals surface area contributed by atoms with Gasteiger partial charge in [0.2, 0.25) is 5.89 Å². The maximum Gasteiger partial charge on any atom is 0.325 e. The average Bonchev–Trinajstić information content (AvgIpc) is 3.29. The molecule has 4 rings (SSSR count). The lowest BCUT2D eigenvalue weighted by atomic mass is 10.0. The molecule has 0 radical (unpaired) electrons. The summed E-state index contributed by atoms with van der Waals surface area (Å²) in [4.78, 5) is 18.1. The highest BCUT2D eigenvalue weighted by Crippen LogP contribution is 2.34. The van der Waals surface area contributed by atoms with Crippen molar-refractivity contribution in [3.8, 4) is 5.75 Å². The van der Waals surface area contributed by atoms with Crippen LogP contribution in [0, 0.1) is 5.92 Å². The van der Waals surface area contributed by atoms with Gasteiger partial charge in [0.15, 0.2) is 5.82 Å². The van der Waals surface area contributed by atoms with Gasteiger partial charge in [0, 0.05) is 18.5 Å². The van der Waals surface area contributed by atoms with Crippen LogP contribution in [-0.2, 0) is 17.8 Å². The van der Waals surface area contributed by atoms with E-state index in [0.29, 0.717) is 48.6 Å². The molecule has 1 fully saturated rings. The second-order valence-corrected chi connectivity index (χ2v) is 6.35. The zero-order chi connectivity index (χ0) is 16.5. The first-order valence-corrected chi connectivity index (χ1v) is 8.21. The molecule has 7 nitrogen and oxygen atoms in total. The monoisotopic (exact) mass is 329 g/mol. The fourth-order valence-corrected chi connectivity index (χ4v) is 3.09. The van der Waals surface area contributed by atoms with Gasteiger partial charge in [-0.15, -0.1) is 0 Å². The van der Waals surface area contributed by atoms with Gasteiger partial charge in [-0.05, 0) is 24.8 Å². The summed E-state index contributed by atoms with van der Waals surface area (Å²) >= 11 is 0. The molecule has 1 aromatic carbocycles. The maximum atomic E-state index is 11.9. The van der Waals surface area contributed by atoms with Crippen LogP contribution in [0.1, 0.15) is 36.2 Å². The third-order valence-corrected chi connectivity index (χ3v) is 4.47. The lowest BCUT2D eigenvalue weighted by Crippen LogP contribution is -2.34. The molecule has 2 heterocycles. The Morgan fingerprint density at radius 2 is 2.17 bits per heavy atom. The number of aliphatic carboxylic acids is 1. The van der Waals surface area contributed by atoms with Crippen LogP contribution in [0.4, 0.5) is 0 Å². The first kappa shape index (κ1) is 15.1. The average molecular weight is 329 g/mol. The van der Waals surface area contributed by atoms with Crippen LogP contribution in [0.5, 0.6) is 5.75 Å². The summed E-state index contributed by atoms with van der Waals surface area (Å²) in [5, 5.41) is 13.7. The number of carboxylic acid groups (broad SMARTS) is 1. The van der Waals surface area contributed by atoms with Crippen LogP contribution >= 0.6 is 0 Å². The van der Waals surface area contributed by atoms with Gasteiger partial charge in [-0.2, -0.15) is 4.98 Å². The van der Waals surface area contributed by atoms with Gasteiger partial charge < -0.3 is 14.4 Å². The number of rotatable bonds is 5. The molecule has 0 spiro atoms. The Morgan fingerprint density at radius 1 is 1.33 bits per heavy atom. The Balaban J connectivity index is 1.56. The topological polar surface area (TPSA) is 88.7 Å². The second kappa shape index (κ2) is 6.24. The molecule has 1 aliphatic heterocycles. The second-order valence-electron chi connectivity index (χ2n) is 6.35. The quantitative estimate of drug-likeness (QED) is 0.898. The molecule has 1 N–H and O–H groups in total. The van der Waals surface area contributed by atoms with E-state index in [1.54, 1.807) is 12.1 Å². The summed E-state index contributed by atoms with van der Waals surface area (Å²) in [5.41, 5.74) is 0.653. The summed E-state index contributed by atoms with van der Waals surface area (Å²) in [6.45, 7) is 1.20. The number of carboxylic acids is 1. The van der Waals surface area contributed by atoms with E-state index in [9.17, 15) is 9.90 Å². The minimum atomic E-state index is -0.911. The number of aromatic nitrogens is 2. The summed E-state index contributed by atoms with van der Waals surface area (Å²) in [6, 6.07) is 6.47. The Hall–Kier alpha value is -2.41. The maximum absolute atomic E-state index is 11.9. The summed E-state index contributed by atoms with van der Waals surface area (Å²) in [5.74, 6) is 1.56. The number of hydrogen-bond acceptors (Lipinski definition) is 6. The zero-order valence-corrected chi connectivity index (χ0v) is 13.2. The number of ether oxygens (including phenoxy) is 1. The first-order valence-electron chi connectivity index (χ1n) is 8.21. The van der Waals surface area contributed by atoms with E-state index in [1.807, 2.05) is 17.0 Å². The van der Waals surface area contributed by atoms with E-state index < -0.39 is 12.0 Å². The van der Waals surface area contributed by atoms with Crippen molar-refractivity contribution in [1.29, 1.82) is 0 Å². The summed E-state index contributed by atoms with van der Waals surface area (Å²) in [7, 11) is 0. The van der Waals surface area contributed by atoms with Crippen LogP contribution in [0.3, 0.4) is 0 Å². The van der Waals surface area contributed by atoms with Crippen molar-refractivity contribution in [2.24, 2.45) is 5.92 Å². The van der Waals surface area contributed by atoms with Crippen molar-refractivity contribution in [1.82, 2.24) is 15.0 Å². The number of nitrogens with zero attached hydrogens (tertiary/aromatic N) is 3. The Morgan fingerprint density at radius 3 is 2.96 bits per heavy atom. The zero-order valence-electron chi connectivity index (χ0n) is 13.2. The third kappa shape index (κ3) is 3.12. The molecule has 1 unspecified atom stereocenters. The first-order chi connectivity index (χ1) is 11.7. The molecule has 24 heavy (non-hydrogen) atoms. The molecule has 0 bridgehead atoms. The van der Waals surface area contributed by atoms with E-state index in [-0.39, 0.29) is 0 Å². The van der Waals surface area contributed by atoms with Crippen molar-refractivity contribution in [2.75, 3.05) is 13.2 Å². The number of hydrogen-bond donors (Lipinski definition) is 1. The van der Waals surface area contributed by atoms with Crippen molar-refractivity contribution in [2.45, 2.75) is 31.8 Å². The molecule has 0 saturated heterocycles. The standard InChI is InChI=1S/C17H19N3O4/c21-17(22)16-12-3-1-2-4-13(12)23-8-7-20(16)10-15-18-14(19-24-15)9-11-5-6-11/h1-4,11,16H,5-10H2,(H,21,22). The Kier molecular flexibility index (Phi) is 3.93. The molecule has 0 amide bonds. The molecule has 1 aliphatic carbocycles. The van der Waals surface area contributed by atoms with Gasteiger partial charge in [-0.25, -0.2) is 0 Å². The van der Waals surface area contributed by atoms with Gasteiger partial charge in [0.05, 0.1) is 6.54 Å². The van der Waals surface area contributed by atoms with Crippen LogP contribution < -0.4 is 4.74 Å². The van der Waals surface area contributed by atoms with E-state index >= 15 is 0 Å². The highest BCUT2D eigenvalue weighted by atomic mass is 16.5. The van der Waals surface area contributed by atoms with Crippen molar-refractivity contribution >= 4 is 5.97 Å². The third-order valence-electron chi connectivity index (χ3n) is 4.47. The van der Waals surface area contributed by atoms with Gasteiger partial charge in [-0.3, -0.25) is 9.69 Å². The lowest BCUT2D eigenvalue weighted by Gasteiger charge is -2.24. The number of carbonyl (C=O) groups is 1. The molecule has 2 aromatic rings. The number of fused-ring (bicyclic) bond motifs is 1. The molecule has 1 aromatic heterocycles. The van der Waals surface area contributed by atoms with Gasteiger partial charge in [0.25, 0.3) is 0 Å². The Labute approximate surface area is 139 Å². The number of para-hydroxylation sites is 1. The fraction of sp³-hybridized carbons (Fsp3) is 0.471. The van der Waals surface area contributed by atoms with Crippen LogP contribution in [0.2, 0.25) is 0 Å². The SMILES string of the molecule is O=C(O)C1c2ccccc2OCCN1Cc1nc(CC2CC2)no1. The van der Waals surface area contributed by atoms with Crippen molar-refractivity contribution in [3.63, 3.8) is 0 Å². The fourth-order valence-electron chi connectivity index (χ4n) is 3.09. The molecule has 7 heteroatoms. The Bertz CT molecular complexity index is 741. The van der Waals surface area contributed by atoms with E-state index in [4.69, 9.17) is 9.26 Å². The molecular weight excluding hydrogens is 310 g/mol. The predicted molar refractivity (Wildman–Crippen MR) is 83.4 cm³/mol. The number of benzene rings is 1. The van der Waals surface area contributed by atoms with Crippen LogP contribution in [0.25, 0.3) is 0 Å². The summed E-state index contributed by atoms with van der Waals surface area (Å²) in [6.07, 6.45) is 3.30. The minimum absolute atomic E-state index is 0.298. The highest BCUT2D eigenvalue weighted by molar-refractivity contribution is 5.76. The molecular formula is C17H19N3O4. The largest absolute Gasteiger partial charge is 0.492 e. The van der Waals surface area contributed by atoms with Crippen LogP contribution in [0.15, 0.2) is 28.8 Å². The normalized spacial score (nSPS) is 20.9. The molecule has 1 atom stereocenters. The van der Waals surface area contributed by atoms with E-state index in [0.717, 1.165) is 6.42 Å². The predicted octanol–water partition coefficient (Wildman–Crippen LogP) is 2.04. The smallest absolute Gasteiger partial charge is 0.325 e.